The van der Waals surface area contributed by atoms with Crippen molar-refractivity contribution in [3.63, 3.8) is 0 Å². The summed E-state index contributed by atoms with van der Waals surface area (Å²) in [5.74, 6) is 0.768. The molecule has 0 bridgehead atoms. The van der Waals surface area contributed by atoms with Gasteiger partial charge in [0.1, 0.15) is 11.1 Å². The third-order valence-corrected chi connectivity index (χ3v) is 7.24. The number of hydrogen-bond donors (Lipinski definition) is 1. The number of amides is 1. The van der Waals surface area contributed by atoms with Crippen molar-refractivity contribution in [1.29, 1.82) is 5.26 Å². The van der Waals surface area contributed by atoms with Gasteiger partial charge in [-0.1, -0.05) is 57.2 Å². The lowest BCUT2D eigenvalue weighted by atomic mass is 9.69. The molecule has 5 heteroatoms. The molecule has 1 heterocycles. The molecule has 1 aromatic heterocycles. The summed E-state index contributed by atoms with van der Waals surface area (Å²) in [4.78, 5) is 17.2. The van der Waals surface area contributed by atoms with E-state index in [-0.39, 0.29) is 11.7 Å². The Hall–Kier alpha value is -2.32. The zero-order chi connectivity index (χ0) is 21.0. The SMILES string of the molecule is CCC(C)(C)[C@@H]1CCc2nc(SCC(=O)Nc3ccccc3C)c(C#N)cc2C1. The fraction of sp³-hybridized carbons (Fsp3) is 0.458. The Balaban J connectivity index is 1.71. The number of para-hydroxylation sites is 1. The van der Waals surface area contributed by atoms with Gasteiger partial charge in [0, 0.05) is 11.4 Å². The first-order valence-electron chi connectivity index (χ1n) is 10.2. The van der Waals surface area contributed by atoms with Crippen molar-refractivity contribution in [1.82, 2.24) is 4.98 Å². The van der Waals surface area contributed by atoms with Gasteiger partial charge in [-0.2, -0.15) is 5.26 Å². The molecule has 0 saturated heterocycles. The molecule has 0 saturated carbocycles. The van der Waals surface area contributed by atoms with Crippen LogP contribution in [-0.2, 0) is 17.6 Å². The maximum atomic E-state index is 12.4. The summed E-state index contributed by atoms with van der Waals surface area (Å²) in [7, 11) is 0. The molecular formula is C24H29N3OS. The van der Waals surface area contributed by atoms with E-state index < -0.39 is 0 Å². The number of nitriles is 1. The van der Waals surface area contributed by atoms with E-state index in [1.165, 1.54) is 17.3 Å². The molecule has 0 radical (unpaired) electrons. The van der Waals surface area contributed by atoms with Crippen LogP contribution in [0.1, 0.15) is 56.0 Å². The number of rotatable bonds is 6. The Morgan fingerprint density at radius 3 is 2.83 bits per heavy atom. The fourth-order valence-electron chi connectivity index (χ4n) is 3.82. The number of anilines is 1. The monoisotopic (exact) mass is 407 g/mol. The molecule has 29 heavy (non-hydrogen) atoms. The molecule has 0 spiro atoms. The van der Waals surface area contributed by atoms with E-state index in [0.717, 1.165) is 42.6 Å². The Kier molecular flexibility index (Phi) is 6.64. The molecule has 1 aliphatic rings. The van der Waals surface area contributed by atoms with Crippen LogP contribution in [0.3, 0.4) is 0 Å². The summed E-state index contributed by atoms with van der Waals surface area (Å²) in [6.45, 7) is 8.88. The number of carbonyl (C=O) groups excluding carboxylic acids is 1. The van der Waals surface area contributed by atoms with Crippen molar-refractivity contribution in [3.05, 3.63) is 52.7 Å². The number of nitrogens with one attached hydrogen (secondary N) is 1. The van der Waals surface area contributed by atoms with Crippen molar-refractivity contribution < 1.29 is 4.79 Å². The first kappa shape index (κ1) is 21.4. The minimum atomic E-state index is -0.0857. The second-order valence-corrected chi connectivity index (χ2v) is 9.46. The molecule has 152 valence electrons. The summed E-state index contributed by atoms with van der Waals surface area (Å²) >= 11 is 1.34. The molecule has 0 fully saturated rings. The predicted molar refractivity (Wildman–Crippen MR) is 119 cm³/mol. The van der Waals surface area contributed by atoms with Crippen LogP contribution >= 0.6 is 11.8 Å². The van der Waals surface area contributed by atoms with Crippen molar-refractivity contribution in [2.75, 3.05) is 11.1 Å². The van der Waals surface area contributed by atoms with Gasteiger partial charge in [0.2, 0.25) is 5.91 Å². The summed E-state index contributed by atoms with van der Waals surface area (Å²) < 4.78 is 0. The van der Waals surface area contributed by atoms with Crippen LogP contribution < -0.4 is 5.32 Å². The summed E-state index contributed by atoms with van der Waals surface area (Å²) in [5.41, 5.74) is 5.02. The third-order valence-electron chi connectivity index (χ3n) is 6.25. The zero-order valence-corrected chi connectivity index (χ0v) is 18.5. The number of fused-ring (bicyclic) bond motifs is 1. The van der Waals surface area contributed by atoms with Crippen molar-refractivity contribution in [2.24, 2.45) is 11.3 Å². The first-order valence-corrected chi connectivity index (χ1v) is 11.2. The lowest BCUT2D eigenvalue weighted by Gasteiger charge is -2.37. The molecule has 1 aromatic carbocycles. The highest BCUT2D eigenvalue weighted by molar-refractivity contribution is 8.00. The quantitative estimate of drug-likeness (QED) is 0.639. The molecule has 1 atom stereocenters. The van der Waals surface area contributed by atoms with E-state index in [4.69, 9.17) is 4.98 Å². The Morgan fingerprint density at radius 2 is 2.14 bits per heavy atom. The van der Waals surface area contributed by atoms with Crippen molar-refractivity contribution in [3.8, 4) is 6.07 Å². The highest BCUT2D eigenvalue weighted by Crippen LogP contribution is 2.40. The van der Waals surface area contributed by atoms with Crippen LogP contribution in [0.15, 0.2) is 35.4 Å². The maximum absolute atomic E-state index is 12.4. The van der Waals surface area contributed by atoms with E-state index >= 15 is 0 Å². The van der Waals surface area contributed by atoms with Gasteiger partial charge in [-0.25, -0.2) is 4.98 Å². The van der Waals surface area contributed by atoms with E-state index in [2.05, 4.69) is 32.2 Å². The smallest absolute Gasteiger partial charge is 0.234 e. The van der Waals surface area contributed by atoms with Gasteiger partial charge >= 0.3 is 0 Å². The number of aromatic nitrogens is 1. The van der Waals surface area contributed by atoms with Gasteiger partial charge < -0.3 is 5.32 Å². The van der Waals surface area contributed by atoms with E-state index in [0.29, 0.717) is 21.9 Å². The van der Waals surface area contributed by atoms with Gasteiger partial charge in [0.25, 0.3) is 0 Å². The van der Waals surface area contributed by atoms with Crippen LogP contribution in [0.4, 0.5) is 5.69 Å². The topological polar surface area (TPSA) is 65.8 Å². The molecular weight excluding hydrogens is 378 g/mol. The summed E-state index contributed by atoms with van der Waals surface area (Å²) in [6, 6.07) is 12.0. The van der Waals surface area contributed by atoms with Gasteiger partial charge in [0.15, 0.2) is 0 Å². The van der Waals surface area contributed by atoms with Crippen LogP contribution in [0, 0.1) is 29.6 Å². The fourth-order valence-corrected chi connectivity index (χ4v) is 4.60. The number of aryl methyl sites for hydroxylation is 2. The Morgan fingerprint density at radius 1 is 1.38 bits per heavy atom. The standard InChI is InChI=1S/C24H29N3OS/c1-5-24(3,4)19-10-11-21-17(13-19)12-18(14-25)23(27-21)29-15-22(28)26-20-9-7-6-8-16(20)2/h6-9,12,19H,5,10-11,13,15H2,1-4H3,(H,26,28)/t19-/m1/s1. The number of carbonyl (C=O) groups is 1. The molecule has 1 N–H and O–H groups in total. The summed E-state index contributed by atoms with van der Waals surface area (Å²) in [5, 5.41) is 13.2. The van der Waals surface area contributed by atoms with Gasteiger partial charge in [0.05, 0.1) is 11.3 Å². The molecule has 2 aromatic rings. The van der Waals surface area contributed by atoms with Crippen LogP contribution in [-0.4, -0.2) is 16.6 Å². The second-order valence-electron chi connectivity index (χ2n) is 8.49. The first-order chi connectivity index (χ1) is 13.8. The number of benzene rings is 1. The molecule has 1 amide bonds. The van der Waals surface area contributed by atoms with E-state index in [1.807, 2.05) is 37.3 Å². The summed E-state index contributed by atoms with van der Waals surface area (Å²) in [6.07, 6.45) is 4.20. The van der Waals surface area contributed by atoms with Gasteiger partial charge in [-0.3, -0.25) is 4.79 Å². The number of thioether (sulfide) groups is 1. The highest BCUT2D eigenvalue weighted by Gasteiger charge is 2.32. The normalized spacial score (nSPS) is 16.0. The number of nitrogens with zero attached hydrogens (tertiary/aromatic N) is 2. The molecule has 0 unspecified atom stereocenters. The zero-order valence-electron chi connectivity index (χ0n) is 17.7. The van der Waals surface area contributed by atoms with Crippen molar-refractivity contribution >= 4 is 23.4 Å². The second kappa shape index (κ2) is 9.00. The minimum Gasteiger partial charge on any atom is -0.325 e. The Bertz CT molecular complexity index is 946. The average molecular weight is 408 g/mol. The number of hydrogen-bond acceptors (Lipinski definition) is 4. The van der Waals surface area contributed by atoms with Crippen molar-refractivity contribution in [2.45, 2.75) is 58.4 Å². The number of pyridine rings is 1. The van der Waals surface area contributed by atoms with Crippen LogP contribution in [0.25, 0.3) is 0 Å². The third kappa shape index (κ3) is 5.00. The molecule has 3 rings (SSSR count). The minimum absolute atomic E-state index is 0.0857. The lowest BCUT2D eigenvalue weighted by molar-refractivity contribution is -0.113. The Labute approximate surface area is 178 Å². The van der Waals surface area contributed by atoms with E-state index in [1.54, 1.807) is 0 Å². The highest BCUT2D eigenvalue weighted by atomic mass is 32.2. The molecule has 4 nitrogen and oxygen atoms in total. The lowest BCUT2D eigenvalue weighted by Crippen LogP contribution is -2.29. The average Bonchev–Trinajstić information content (AvgIpc) is 2.72. The van der Waals surface area contributed by atoms with E-state index in [9.17, 15) is 10.1 Å². The predicted octanol–water partition coefficient (Wildman–Crippen LogP) is 5.53. The molecule has 1 aliphatic carbocycles. The van der Waals surface area contributed by atoms with Gasteiger partial charge in [-0.05, 0) is 60.8 Å². The molecule has 0 aliphatic heterocycles. The van der Waals surface area contributed by atoms with Crippen LogP contribution in [0.2, 0.25) is 0 Å². The van der Waals surface area contributed by atoms with Gasteiger partial charge in [-0.15, -0.1) is 0 Å². The largest absolute Gasteiger partial charge is 0.325 e. The van der Waals surface area contributed by atoms with Crippen LogP contribution in [0.5, 0.6) is 0 Å². The maximum Gasteiger partial charge on any atom is 0.234 e.